The predicted octanol–water partition coefficient (Wildman–Crippen LogP) is 5.34. The molecule has 6 heteroatoms. The summed E-state index contributed by atoms with van der Waals surface area (Å²) in [6.07, 6.45) is 1.12. The summed E-state index contributed by atoms with van der Waals surface area (Å²) in [5.41, 5.74) is 2.36. The van der Waals surface area contributed by atoms with Gasteiger partial charge in [0.2, 0.25) is 0 Å². The van der Waals surface area contributed by atoms with E-state index in [1.54, 1.807) is 11.8 Å². The van der Waals surface area contributed by atoms with Crippen LogP contribution < -0.4 is 0 Å². The fraction of sp³-hybridized carbons (Fsp3) is 0.316. The van der Waals surface area contributed by atoms with Crippen molar-refractivity contribution in [3.05, 3.63) is 58.3 Å². The minimum atomic E-state index is 0.626. The molecule has 130 valence electrons. The summed E-state index contributed by atoms with van der Waals surface area (Å²) >= 11 is 14.1. The first kappa shape index (κ1) is 17.2. The Balaban J connectivity index is 1.32. The van der Waals surface area contributed by atoms with Crippen LogP contribution in [-0.4, -0.2) is 33.3 Å². The standard InChI is InChI=1S/C19H19Cl2N3S/c20-14-5-3-8-17(19(14)21)25-12-4-9-23-10-11-24-16-7-2-1-6-15(16)22-18(24)13-23/h1-3,5-8H,4,9-13H2. The summed E-state index contributed by atoms with van der Waals surface area (Å²) in [7, 11) is 0. The molecule has 1 aliphatic rings. The van der Waals surface area contributed by atoms with Crippen molar-refractivity contribution in [2.75, 3.05) is 18.8 Å². The van der Waals surface area contributed by atoms with E-state index < -0.39 is 0 Å². The molecule has 2 heterocycles. The molecule has 1 aromatic heterocycles. The number of imidazole rings is 1. The molecular formula is C19H19Cl2N3S. The Hall–Kier alpha value is -1.20. The average molecular weight is 392 g/mol. The van der Waals surface area contributed by atoms with Crippen LogP contribution in [0.25, 0.3) is 11.0 Å². The van der Waals surface area contributed by atoms with Gasteiger partial charge in [0, 0.05) is 18.0 Å². The third-order valence-electron chi connectivity index (χ3n) is 4.53. The Morgan fingerprint density at radius 1 is 1.04 bits per heavy atom. The van der Waals surface area contributed by atoms with Crippen LogP contribution in [0.5, 0.6) is 0 Å². The minimum Gasteiger partial charge on any atom is -0.326 e. The number of halogens is 2. The molecule has 0 unspecified atom stereocenters. The molecule has 0 atom stereocenters. The number of fused-ring (bicyclic) bond motifs is 3. The molecule has 0 amide bonds. The maximum absolute atomic E-state index is 6.24. The highest BCUT2D eigenvalue weighted by Gasteiger charge is 2.19. The van der Waals surface area contributed by atoms with Gasteiger partial charge in [0.25, 0.3) is 0 Å². The van der Waals surface area contributed by atoms with Crippen molar-refractivity contribution < 1.29 is 0 Å². The van der Waals surface area contributed by atoms with E-state index in [2.05, 4.69) is 33.7 Å². The second kappa shape index (κ2) is 7.58. The molecule has 0 aliphatic carbocycles. The molecule has 0 N–H and O–H groups in total. The van der Waals surface area contributed by atoms with Crippen molar-refractivity contribution in [2.45, 2.75) is 24.4 Å². The Kier molecular flexibility index (Phi) is 5.23. The molecular weight excluding hydrogens is 373 g/mol. The summed E-state index contributed by atoms with van der Waals surface area (Å²) < 4.78 is 2.35. The van der Waals surface area contributed by atoms with Crippen LogP contribution in [-0.2, 0) is 13.1 Å². The summed E-state index contributed by atoms with van der Waals surface area (Å²) in [4.78, 5) is 8.34. The Bertz CT molecular complexity index is 894. The lowest BCUT2D eigenvalue weighted by Crippen LogP contribution is -2.34. The fourth-order valence-corrected chi connectivity index (χ4v) is 4.70. The lowest BCUT2D eigenvalue weighted by atomic mass is 10.3. The second-order valence-electron chi connectivity index (χ2n) is 6.20. The maximum atomic E-state index is 6.24. The molecule has 0 bridgehead atoms. The van der Waals surface area contributed by atoms with E-state index in [0.717, 1.165) is 48.8 Å². The van der Waals surface area contributed by atoms with E-state index in [4.69, 9.17) is 28.2 Å². The van der Waals surface area contributed by atoms with Crippen molar-refractivity contribution in [1.82, 2.24) is 14.5 Å². The lowest BCUT2D eigenvalue weighted by Gasteiger charge is -2.27. The van der Waals surface area contributed by atoms with Crippen molar-refractivity contribution >= 4 is 46.0 Å². The van der Waals surface area contributed by atoms with E-state index in [9.17, 15) is 0 Å². The molecule has 3 nitrogen and oxygen atoms in total. The van der Waals surface area contributed by atoms with Gasteiger partial charge in [-0.05, 0) is 43.0 Å². The van der Waals surface area contributed by atoms with Crippen LogP contribution in [0, 0.1) is 0 Å². The van der Waals surface area contributed by atoms with Crippen LogP contribution >= 0.6 is 35.0 Å². The number of para-hydroxylation sites is 2. The predicted molar refractivity (Wildman–Crippen MR) is 107 cm³/mol. The van der Waals surface area contributed by atoms with E-state index in [0.29, 0.717) is 10.0 Å². The van der Waals surface area contributed by atoms with Gasteiger partial charge >= 0.3 is 0 Å². The van der Waals surface area contributed by atoms with Gasteiger partial charge in [0.05, 0.1) is 27.6 Å². The van der Waals surface area contributed by atoms with E-state index in [1.807, 2.05) is 18.2 Å². The third-order valence-corrected chi connectivity index (χ3v) is 6.61. The molecule has 1 aliphatic heterocycles. The summed E-state index contributed by atoms with van der Waals surface area (Å²) in [5, 5.41) is 1.29. The Morgan fingerprint density at radius 3 is 2.84 bits per heavy atom. The van der Waals surface area contributed by atoms with Gasteiger partial charge in [-0.1, -0.05) is 41.4 Å². The molecule has 25 heavy (non-hydrogen) atoms. The Morgan fingerprint density at radius 2 is 1.92 bits per heavy atom. The highest BCUT2D eigenvalue weighted by molar-refractivity contribution is 7.99. The Labute approximate surface area is 161 Å². The van der Waals surface area contributed by atoms with Crippen LogP contribution in [0.15, 0.2) is 47.4 Å². The second-order valence-corrected chi connectivity index (χ2v) is 8.12. The summed E-state index contributed by atoms with van der Waals surface area (Å²) in [6, 6.07) is 14.2. The van der Waals surface area contributed by atoms with Gasteiger partial charge in [0.1, 0.15) is 5.82 Å². The van der Waals surface area contributed by atoms with Gasteiger partial charge in [-0.3, -0.25) is 4.90 Å². The SMILES string of the molecule is Clc1cccc(SCCCN2CCn3c(nc4ccccc43)C2)c1Cl. The van der Waals surface area contributed by atoms with Gasteiger partial charge in [-0.15, -0.1) is 11.8 Å². The first-order chi connectivity index (χ1) is 12.2. The van der Waals surface area contributed by atoms with Crippen molar-refractivity contribution in [3.63, 3.8) is 0 Å². The molecule has 0 spiro atoms. The highest BCUT2D eigenvalue weighted by atomic mass is 35.5. The van der Waals surface area contributed by atoms with Crippen LogP contribution in [0.2, 0.25) is 10.0 Å². The molecule has 0 radical (unpaired) electrons. The van der Waals surface area contributed by atoms with Crippen LogP contribution in [0.1, 0.15) is 12.2 Å². The smallest absolute Gasteiger partial charge is 0.124 e. The number of aromatic nitrogens is 2. The maximum Gasteiger partial charge on any atom is 0.124 e. The molecule has 0 saturated heterocycles. The first-order valence-corrected chi connectivity index (χ1v) is 10.2. The topological polar surface area (TPSA) is 21.1 Å². The van der Waals surface area contributed by atoms with Crippen molar-refractivity contribution in [3.8, 4) is 0 Å². The van der Waals surface area contributed by atoms with Gasteiger partial charge in [0.15, 0.2) is 0 Å². The number of hydrogen-bond acceptors (Lipinski definition) is 3. The van der Waals surface area contributed by atoms with Gasteiger partial charge in [-0.25, -0.2) is 4.98 Å². The van der Waals surface area contributed by atoms with Crippen molar-refractivity contribution in [2.24, 2.45) is 0 Å². The van der Waals surface area contributed by atoms with Crippen molar-refractivity contribution in [1.29, 1.82) is 0 Å². The number of thioether (sulfide) groups is 1. The van der Waals surface area contributed by atoms with E-state index in [-0.39, 0.29) is 0 Å². The monoisotopic (exact) mass is 391 g/mol. The molecule has 0 saturated carbocycles. The van der Waals surface area contributed by atoms with Gasteiger partial charge in [-0.2, -0.15) is 0 Å². The summed E-state index contributed by atoms with van der Waals surface area (Å²) in [6.45, 7) is 4.10. The largest absolute Gasteiger partial charge is 0.326 e. The van der Waals surface area contributed by atoms with Crippen LogP contribution in [0.3, 0.4) is 0 Å². The molecule has 2 aromatic carbocycles. The zero-order valence-electron chi connectivity index (χ0n) is 13.8. The number of hydrogen-bond donors (Lipinski definition) is 0. The highest BCUT2D eigenvalue weighted by Crippen LogP contribution is 2.33. The number of nitrogens with zero attached hydrogens (tertiary/aromatic N) is 3. The van der Waals surface area contributed by atoms with E-state index >= 15 is 0 Å². The average Bonchev–Trinajstić information content (AvgIpc) is 3.00. The number of rotatable bonds is 5. The zero-order valence-corrected chi connectivity index (χ0v) is 16.1. The van der Waals surface area contributed by atoms with Crippen LogP contribution in [0.4, 0.5) is 0 Å². The van der Waals surface area contributed by atoms with E-state index in [1.165, 1.54) is 11.3 Å². The molecule has 0 fully saturated rings. The van der Waals surface area contributed by atoms with Gasteiger partial charge < -0.3 is 4.57 Å². The zero-order chi connectivity index (χ0) is 17.2. The number of benzene rings is 2. The molecule has 4 rings (SSSR count). The lowest BCUT2D eigenvalue weighted by molar-refractivity contribution is 0.220. The third kappa shape index (κ3) is 3.68. The first-order valence-electron chi connectivity index (χ1n) is 8.46. The normalized spacial score (nSPS) is 14.8. The fourth-order valence-electron chi connectivity index (χ4n) is 3.27. The summed E-state index contributed by atoms with van der Waals surface area (Å²) in [5.74, 6) is 2.21. The molecule has 3 aromatic rings. The minimum absolute atomic E-state index is 0.626. The quantitative estimate of drug-likeness (QED) is 0.432.